The fraction of sp³-hybridized carbons (Fsp3) is 0.182. The normalized spacial score (nSPS) is 10.4. The largest absolute Gasteiger partial charge is 0.192 e. The van der Waals surface area contributed by atoms with Crippen LogP contribution in [0.25, 0.3) is 10.1 Å². The van der Waals surface area contributed by atoms with Crippen molar-refractivity contribution in [3.63, 3.8) is 0 Å². The first-order chi connectivity index (χ1) is 6.76. The van der Waals surface area contributed by atoms with Gasteiger partial charge in [0.15, 0.2) is 0 Å². The molecular formula is C11H8INS. The fourth-order valence-electron chi connectivity index (χ4n) is 1.51. The Balaban J connectivity index is 2.83. The van der Waals surface area contributed by atoms with Gasteiger partial charge in [-0.25, -0.2) is 0 Å². The van der Waals surface area contributed by atoms with E-state index in [2.05, 4.69) is 47.7 Å². The summed E-state index contributed by atoms with van der Waals surface area (Å²) in [7, 11) is 0. The first-order valence-electron chi connectivity index (χ1n) is 4.37. The van der Waals surface area contributed by atoms with E-state index in [1.165, 1.54) is 19.2 Å². The van der Waals surface area contributed by atoms with Gasteiger partial charge in [0.25, 0.3) is 0 Å². The third-order valence-corrected chi connectivity index (χ3v) is 4.55. The van der Waals surface area contributed by atoms with E-state index in [0.29, 0.717) is 0 Å². The third kappa shape index (κ3) is 1.53. The van der Waals surface area contributed by atoms with Gasteiger partial charge in [-0.3, -0.25) is 0 Å². The van der Waals surface area contributed by atoms with Crippen LogP contribution < -0.4 is 0 Å². The summed E-state index contributed by atoms with van der Waals surface area (Å²) in [5.41, 5.74) is 1.33. The molecule has 70 valence electrons. The molecule has 0 spiro atoms. The molecular weight excluding hydrogens is 305 g/mol. The Morgan fingerprint density at radius 1 is 1.50 bits per heavy atom. The Hall–Kier alpha value is -0.600. The van der Waals surface area contributed by atoms with Gasteiger partial charge in [-0.05, 0) is 52.1 Å². The number of aryl methyl sites for hydroxylation is 1. The van der Waals surface area contributed by atoms with Gasteiger partial charge in [0.1, 0.15) is 10.9 Å². The van der Waals surface area contributed by atoms with E-state index in [1.807, 2.05) is 6.07 Å². The van der Waals surface area contributed by atoms with E-state index in [0.717, 1.165) is 11.3 Å². The highest BCUT2D eigenvalue weighted by molar-refractivity contribution is 14.1. The van der Waals surface area contributed by atoms with E-state index in [9.17, 15) is 0 Å². The summed E-state index contributed by atoms with van der Waals surface area (Å²) in [5, 5.41) is 10.1. The summed E-state index contributed by atoms with van der Waals surface area (Å²) in [5.74, 6) is 0. The topological polar surface area (TPSA) is 23.8 Å². The molecule has 2 aromatic rings. The second kappa shape index (κ2) is 3.87. The molecule has 0 atom stereocenters. The Labute approximate surface area is 101 Å². The molecule has 2 rings (SSSR count). The van der Waals surface area contributed by atoms with Crippen LogP contribution in [0.3, 0.4) is 0 Å². The Kier molecular flexibility index (Phi) is 2.75. The van der Waals surface area contributed by atoms with Crippen LogP contribution in [0.4, 0.5) is 0 Å². The molecule has 1 heterocycles. The molecule has 0 saturated carbocycles. The van der Waals surface area contributed by atoms with Crippen molar-refractivity contribution in [1.29, 1.82) is 5.26 Å². The summed E-state index contributed by atoms with van der Waals surface area (Å²) >= 11 is 3.91. The van der Waals surface area contributed by atoms with Crippen molar-refractivity contribution < 1.29 is 0 Å². The zero-order chi connectivity index (χ0) is 10.1. The molecule has 0 bridgehead atoms. The number of thiophene rings is 1. The van der Waals surface area contributed by atoms with Crippen molar-refractivity contribution >= 4 is 44.0 Å². The zero-order valence-corrected chi connectivity index (χ0v) is 10.6. The Morgan fingerprint density at radius 2 is 2.29 bits per heavy atom. The highest BCUT2D eigenvalue weighted by atomic mass is 127. The van der Waals surface area contributed by atoms with E-state index < -0.39 is 0 Å². The first-order valence-corrected chi connectivity index (χ1v) is 6.26. The van der Waals surface area contributed by atoms with Crippen molar-refractivity contribution in [1.82, 2.24) is 0 Å². The average molecular weight is 313 g/mol. The summed E-state index contributed by atoms with van der Waals surface area (Å²) in [6.45, 7) is 2.14. The number of benzene rings is 1. The summed E-state index contributed by atoms with van der Waals surface area (Å²) < 4.78 is 2.49. The second-order valence-corrected chi connectivity index (χ2v) is 5.24. The SMILES string of the molecule is CCc1ccc(I)c2sc(C#N)cc12. The van der Waals surface area contributed by atoms with Crippen LogP contribution in [-0.2, 0) is 6.42 Å². The molecule has 1 aromatic heterocycles. The minimum atomic E-state index is 0.804. The molecule has 1 aromatic carbocycles. The molecule has 0 unspecified atom stereocenters. The summed E-state index contributed by atoms with van der Waals surface area (Å²) in [6, 6.07) is 8.49. The molecule has 0 aliphatic rings. The van der Waals surface area contributed by atoms with Gasteiger partial charge in [-0.1, -0.05) is 13.0 Å². The number of rotatable bonds is 1. The quantitative estimate of drug-likeness (QED) is 0.732. The van der Waals surface area contributed by atoms with Crippen molar-refractivity contribution in [2.75, 3.05) is 0 Å². The minimum absolute atomic E-state index is 0.804. The average Bonchev–Trinajstić information content (AvgIpc) is 2.63. The molecule has 0 N–H and O–H groups in total. The molecule has 0 amide bonds. The molecule has 1 nitrogen and oxygen atoms in total. The van der Waals surface area contributed by atoms with E-state index in [-0.39, 0.29) is 0 Å². The van der Waals surface area contributed by atoms with Gasteiger partial charge >= 0.3 is 0 Å². The van der Waals surface area contributed by atoms with Gasteiger partial charge < -0.3 is 0 Å². The number of halogens is 1. The highest BCUT2D eigenvalue weighted by Gasteiger charge is 2.07. The lowest BCUT2D eigenvalue weighted by atomic mass is 10.1. The van der Waals surface area contributed by atoms with Gasteiger partial charge in [0.2, 0.25) is 0 Å². The minimum Gasteiger partial charge on any atom is -0.192 e. The van der Waals surface area contributed by atoms with E-state index in [1.54, 1.807) is 11.3 Å². The van der Waals surface area contributed by atoms with Crippen LogP contribution in [0.5, 0.6) is 0 Å². The molecule has 0 saturated heterocycles. The molecule has 0 aliphatic heterocycles. The summed E-state index contributed by atoms with van der Waals surface area (Å²) in [4.78, 5) is 0.804. The predicted octanol–water partition coefficient (Wildman–Crippen LogP) is 3.94. The maximum absolute atomic E-state index is 8.85. The second-order valence-electron chi connectivity index (χ2n) is 3.03. The van der Waals surface area contributed by atoms with Crippen LogP contribution in [0.2, 0.25) is 0 Å². The molecule has 0 aliphatic carbocycles. The van der Waals surface area contributed by atoms with Crippen molar-refractivity contribution in [2.45, 2.75) is 13.3 Å². The van der Waals surface area contributed by atoms with E-state index in [4.69, 9.17) is 5.26 Å². The Bertz CT molecular complexity index is 522. The van der Waals surface area contributed by atoms with Crippen LogP contribution in [-0.4, -0.2) is 0 Å². The molecule has 0 fully saturated rings. The predicted molar refractivity (Wildman–Crippen MR) is 68.6 cm³/mol. The number of hydrogen-bond donors (Lipinski definition) is 0. The van der Waals surface area contributed by atoms with Crippen molar-refractivity contribution in [3.05, 3.63) is 32.2 Å². The smallest absolute Gasteiger partial charge is 0.110 e. The lowest BCUT2D eigenvalue weighted by molar-refractivity contribution is 1.16. The molecule has 3 heteroatoms. The fourth-order valence-corrected chi connectivity index (χ4v) is 3.22. The van der Waals surface area contributed by atoms with Crippen molar-refractivity contribution in [2.24, 2.45) is 0 Å². The lowest BCUT2D eigenvalue weighted by Gasteiger charge is -1.99. The van der Waals surface area contributed by atoms with Crippen LogP contribution in [0.15, 0.2) is 18.2 Å². The van der Waals surface area contributed by atoms with Crippen molar-refractivity contribution in [3.8, 4) is 6.07 Å². The number of nitriles is 1. The number of fused-ring (bicyclic) bond motifs is 1. The summed E-state index contributed by atoms with van der Waals surface area (Å²) in [6.07, 6.45) is 1.02. The van der Waals surface area contributed by atoms with Gasteiger partial charge in [-0.15, -0.1) is 11.3 Å². The monoisotopic (exact) mass is 313 g/mol. The standard InChI is InChI=1S/C11H8INS/c1-2-7-3-4-10(12)11-9(7)5-8(6-13)14-11/h3-5H,2H2,1H3. The van der Waals surface area contributed by atoms with Gasteiger partial charge in [0, 0.05) is 8.27 Å². The highest BCUT2D eigenvalue weighted by Crippen LogP contribution is 2.32. The van der Waals surface area contributed by atoms with Crippen LogP contribution in [0, 0.1) is 14.9 Å². The van der Waals surface area contributed by atoms with E-state index >= 15 is 0 Å². The molecule has 0 radical (unpaired) electrons. The van der Waals surface area contributed by atoms with Gasteiger partial charge in [0.05, 0.1) is 0 Å². The van der Waals surface area contributed by atoms with Crippen LogP contribution in [0.1, 0.15) is 17.4 Å². The van der Waals surface area contributed by atoms with Crippen LogP contribution >= 0.6 is 33.9 Å². The zero-order valence-electron chi connectivity index (χ0n) is 7.67. The van der Waals surface area contributed by atoms with Gasteiger partial charge in [-0.2, -0.15) is 5.26 Å². The Morgan fingerprint density at radius 3 is 2.93 bits per heavy atom. The third-order valence-electron chi connectivity index (χ3n) is 2.22. The maximum atomic E-state index is 8.85. The molecule has 14 heavy (non-hydrogen) atoms. The number of nitrogens with zero attached hydrogens (tertiary/aromatic N) is 1. The lowest BCUT2D eigenvalue weighted by Crippen LogP contribution is -1.81. The number of hydrogen-bond acceptors (Lipinski definition) is 2. The maximum Gasteiger partial charge on any atom is 0.110 e. The first kappa shape index (κ1) is 9.94.